The predicted molar refractivity (Wildman–Crippen MR) is 87.6 cm³/mol. The van der Waals surface area contributed by atoms with Gasteiger partial charge in [0.1, 0.15) is 5.56 Å². The number of amides is 1. The molecule has 122 valence electrons. The number of hydrogen-bond acceptors (Lipinski definition) is 5. The summed E-state index contributed by atoms with van der Waals surface area (Å²) < 4.78 is 1.63. The number of aryl methyl sites for hydroxylation is 1. The molecular weight excluding hydrogens is 304 g/mol. The van der Waals surface area contributed by atoms with E-state index in [4.69, 9.17) is 0 Å². The second-order valence-electron chi connectivity index (χ2n) is 6.12. The highest BCUT2D eigenvalue weighted by molar-refractivity contribution is 5.99. The van der Waals surface area contributed by atoms with Gasteiger partial charge >= 0.3 is 0 Å². The SMILES string of the molecule is Cc1cncc([C@@H]2CCCN(C(=O)c3cnn4cccnc34)C2)n1. The molecule has 7 nitrogen and oxygen atoms in total. The van der Waals surface area contributed by atoms with Gasteiger partial charge in [0.2, 0.25) is 0 Å². The van der Waals surface area contributed by atoms with Gasteiger partial charge in [-0.1, -0.05) is 0 Å². The summed E-state index contributed by atoms with van der Waals surface area (Å²) in [4.78, 5) is 27.9. The molecule has 0 N–H and O–H groups in total. The van der Waals surface area contributed by atoms with E-state index < -0.39 is 0 Å². The van der Waals surface area contributed by atoms with Crippen LogP contribution in [-0.4, -0.2) is 48.5 Å². The van der Waals surface area contributed by atoms with Crippen molar-refractivity contribution in [2.75, 3.05) is 13.1 Å². The highest BCUT2D eigenvalue weighted by Gasteiger charge is 2.28. The van der Waals surface area contributed by atoms with Gasteiger partial charge in [0.05, 0.1) is 17.6 Å². The number of piperidine rings is 1. The topological polar surface area (TPSA) is 76.3 Å². The molecule has 0 aliphatic carbocycles. The zero-order valence-corrected chi connectivity index (χ0v) is 13.5. The second-order valence-corrected chi connectivity index (χ2v) is 6.12. The fourth-order valence-electron chi connectivity index (χ4n) is 3.23. The van der Waals surface area contributed by atoms with Crippen LogP contribution in [0.15, 0.2) is 37.1 Å². The summed E-state index contributed by atoms with van der Waals surface area (Å²) in [7, 11) is 0. The molecule has 0 aromatic carbocycles. The lowest BCUT2D eigenvalue weighted by Gasteiger charge is -2.32. The summed E-state index contributed by atoms with van der Waals surface area (Å²) in [6, 6.07) is 1.79. The molecule has 3 aromatic rings. The summed E-state index contributed by atoms with van der Waals surface area (Å²) in [5.41, 5.74) is 3.01. The van der Waals surface area contributed by atoms with E-state index in [0.717, 1.165) is 30.8 Å². The third-order valence-corrected chi connectivity index (χ3v) is 4.41. The minimum atomic E-state index is -0.0194. The van der Waals surface area contributed by atoms with Gasteiger partial charge < -0.3 is 4.90 Å². The molecule has 0 spiro atoms. The van der Waals surface area contributed by atoms with Gasteiger partial charge in [0, 0.05) is 43.8 Å². The number of fused-ring (bicyclic) bond motifs is 1. The summed E-state index contributed by atoms with van der Waals surface area (Å²) in [5.74, 6) is 0.207. The van der Waals surface area contributed by atoms with Crippen LogP contribution in [0.5, 0.6) is 0 Å². The van der Waals surface area contributed by atoms with Crippen molar-refractivity contribution < 1.29 is 4.79 Å². The minimum Gasteiger partial charge on any atom is -0.338 e. The minimum absolute atomic E-state index is 0.0194. The Morgan fingerprint density at radius 3 is 3.08 bits per heavy atom. The molecule has 1 aliphatic heterocycles. The van der Waals surface area contributed by atoms with Gasteiger partial charge in [0.15, 0.2) is 5.65 Å². The van der Waals surface area contributed by atoms with Crippen molar-refractivity contribution in [3.63, 3.8) is 0 Å². The zero-order valence-electron chi connectivity index (χ0n) is 13.5. The van der Waals surface area contributed by atoms with E-state index in [1.807, 2.05) is 18.0 Å². The van der Waals surface area contributed by atoms with E-state index in [-0.39, 0.29) is 11.8 Å². The molecule has 0 bridgehead atoms. The summed E-state index contributed by atoms with van der Waals surface area (Å²) in [5, 5.41) is 4.21. The molecule has 1 atom stereocenters. The third-order valence-electron chi connectivity index (χ3n) is 4.41. The Morgan fingerprint density at radius 2 is 2.21 bits per heavy atom. The highest BCUT2D eigenvalue weighted by Crippen LogP contribution is 2.26. The number of carbonyl (C=O) groups excluding carboxylic acids is 1. The van der Waals surface area contributed by atoms with Crippen LogP contribution in [0.4, 0.5) is 0 Å². The van der Waals surface area contributed by atoms with E-state index in [1.165, 1.54) is 0 Å². The standard InChI is InChI=1S/C17H18N6O/c1-12-8-18-10-15(21-12)13-4-2-6-22(11-13)17(24)14-9-20-23-7-3-5-19-16(14)23/h3,5,7-10,13H,2,4,6,11H2,1H3/t13-/m1/s1. The van der Waals surface area contributed by atoms with Gasteiger partial charge in [-0.25, -0.2) is 9.50 Å². The molecule has 1 aliphatic rings. The summed E-state index contributed by atoms with van der Waals surface area (Å²) in [6.07, 6.45) is 10.6. The van der Waals surface area contributed by atoms with Crippen LogP contribution >= 0.6 is 0 Å². The summed E-state index contributed by atoms with van der Waals surface area (Å²) in [6.45, 7) is 3.34. The number of rotatable bonds is 2. The van der Waals surface area contributed by atoms with Crippen LogP contribution in [0, 0.1) is 6.92 Å². The van der Waals surface area contributed by atoms with Crippen molar-refractivity contribution in [3.05, 3.63) is 54.0 Å². The molecule has 7 heteroatoms. The Bertz CT molecular complexity index is 889. The Hall–Kier alpha value is -2.83. The third kappa shape index (κ3) is 2.62. The largest absolute Gasteiger partial charge is 0.338 e. The first-order valence-corrected chi connectivity index (χ1v) is 8.08. The van der Waals surface area contributed by atoms with Crippen LogP contribution in [0.1, 0.15) is 40.5 Å². The van der Waals surface area contributed by atoms with Gasteiger partial charge in [-0.3, -0.25) is 14.8 Å². The van der Waals surface area contributed by atoms with Crippen molar-refractivity contribution in [3.8, 4) is 0 Å². The lowest BCUT2D eigenvalue weighted by atomic mass is 9.94. The fourth-order valence-corrected chi connectivity index (χ4v) is 3.23. The maximum absolute atomic E-state index is 12.9. The molecule has 1 amide bonds. The van der Waals surface area contributed by atoms with Crippen molar-refractivity contribution in [1.29, 1.82) is 0 Å². The van der Waals surface area contributed by atoms with E-state index in [2.05, 4.69) is 20.1 Å². The Morgan fingerprint density at radius 1 is 1.29 bits per heavy atom. The Balaban J connectivity index is 1.58. The molecular formula is C17H18N6O. The predicted octanol–water partition coefficient (Wildman–Crippen LogP) is 1.85. The maximum atomic E-state index is 12.9. The molecule has 4 heterocycles. The normalized spacial score (nSPS) is 18.0. The highest BCUT2D eigenvalue weighted by atomic mass is 16.2. The van der Waals surface area contributed by atoms with Gasteiger partial charge in [-0.2, -0.15) is 5.10 Å². The van der Waals surface area contributed by atoms with Crippen molar-refractivity contribution >= 4 is 11.6 Å². The van der Waals surface area contributed by atoms with Gasteiger partial charge in [-0.05, 0) is 25.8 Å². The lowest BCUT2D eigenvalue weighted by Crippen LogP contribution is -2.39. The van der Waals surface area contributed by atoms with Crippen LogP contribution < -0.4 is 0 Å². The van der Waals surface area contributed by atoms with Gasteiger partial charge in [-0.15, -0.1) is 0 Å². The second kappa shape index (κ2) is 5.99. The quantitative estimate of drug-likeness (QED) is 0.719. The van der Waals surface area contributed by atoms with E-state index in [9.17, 15) is 4.79 Å². The molecule has 24 heavy (non-hydrogen) atoms. The average molecular weight is 322 g/mol. The molecule has 0 saturated carbocycles. The molecule has 4 rings (SSSR count). The van der Waals surface area contributed by atoms with Crippen LogP contribution in [0.25, 0.3) is 5.65 Å². The Kier molecular flexibility index (Phi) is 3.68. The number of likely N-dealkylation sites (tertiary alicyclic amines) is 1. The molecule has 1 fully saturated rings. The van der Waals surface area contributed by atoms with Crippen LogP contribution in [0.3, 0.4) is 0 Å². The molecule has 0 radical (unpaired) electrons. The monoisotopic (exact) mass is 322 g/mol. The number of nitrogens with zero attached hydrogens (tertiary/aromatic N) is 6. The Labute approximate surface area is 139 Å². The van der Waals surface area contributed by atoms with Crippen LogP contribution in [-0.2, 0) is 0 Å². The van der Waals surface area contributed by atoms with Crippen LogP contribution in [0.2, 0.25) is 0 Å². The number of hydrogen-bond donors (Lipinski definition) is 0. The van der Waals surface area contributed by atoms with E-state index in [1.54, 1.807) is 35.4 Å². The first-order chi connectivity index (χ1) is 11.7. The first-order valence-electron chi connectivity index (χ1n) is 8.08. The van der Waals surface area contributed by atoms with Crippen molar-refractivity contribution in [2.45, 2.75) is 25.7 Å². The zero-order chi connectivity index (χ0) is 16.5. The number of carbonyl (C=O) groups is 1. The first kappa shape index (κ1) is 14.7. The lowest BCUT2D eigenvalue weighted by molar-refractivity contribution is 0.0707. The molecule has 1 saturated heterocycles. The van der Waals surface area contributed by atoms with E-state index in [0.29, 0.717) is 17.8 Å². The smallest absolute Gasteiger partial charge is 0.259 e. The number of aromatic nitrogens is 5. The van der Waals surface area contributed by atoms with Gasteiger partial charge in [0.25, 0.3) is 5.91 Å². The summed E-state index contributed by atoms with van der Waals surface area (Å²) >= 11 is 0. The van der Waals surface area contributed by atoms with Crippen molar-refractivity contribution in [2.24, 2.45) is 0 Å². The molecule has 3 aromatic heterocycles. The van der Waals surface area contributed by atoms with E-state index >= 15 is 0 Å². The maximum Gasteiger partial charge on any atom is 0.259 e. The van der Waals surface area contributed by atoms with Crippen molar-refractivity contribution in [1.82, 2.24) is 29.5 Å². The fraction of sp³-hybridized carbons (Fsp3) is 0.353. The molecule has 0 unspecified atom stereocenters. The average Bonchev–Trinajstić information content (AvgIpc) is 3.05.